The van der Waals surface area contributed by atoms with E-state index in [0.717, 1.165) is 32.4 Å². The van der Waals surface area contributed by atoms with Crippen LogP contribution in [0.5, 0.6) is 0 Å². The summed E-state index contributed by atoms with van der Waals surface area (Å²) in [6.07, 6.45) is 3.12. The maximum absolute atomic E-state index is 10.5. The van der Waals surface area contributed by atoms with E-state index in [1.165, 1.54) is 0 Å². The van der Waals surface area contributed by atoms with Crippen LogP contribution in [0.1, 0.15) is 19.3 Å². The molecule has 5 N–H and O–H groups in total. The average Bonchev–Trinajstić information content (AvgIpc) is 2.25. The summed E-state index contributed by atoms with van der Waals surface area (Å²) in [4.78, 5) is 0. The van der Waals surface area contributed by atoms with Crippen LogP contribution in [0.4, 0.5) is 0 Å². The summed E-state index contributed by atoms with van der Waals surface area (Å²) >= 11 is 0. The number of rotatable bonds is 4. The molecule has 1 aliphatic heterocycles. The second-order valence-electron chi connectivity index (χ2n) is 3.28. The van der Waals surface area contributed by atoms with Crippen molar-refractivity contribution in [2.75, 3.05) is 39.4 Å². The first-order chi connectivity index (χ1) is 7.81. The fourth-order valence-corrected chi connectivity index (χ4v) is 1.66. The van der Waals surface area contributed by atoms with Crippen molar-refractivity contribution in [3.63, 3.8) is 0 Å². The Labute approximate surface area is 138 Å². The van der Waals surface area contributed by atoms with Gasteiger partial charge in [-0.15, -0.1) is 9.05 Å². The van der Waals surface area contributed by atoms with E-state index in [2.05, 4.69) is 5.32 Å². The van der Waals surface area contributed by atoms with Crippen molar-refractivity contribution in [3.05, 3.63) is 0 Å². The molecule has 0 spiro atoms. The molecule has 0 aromatic rings. The molecule has 0 radical (unpaired) electrons. The Morgan fingerprint density at radius 1 is 1.00 bits per heavy atom. The van der Waals surface area contributed by atoms with Crippen LogP contribution in [0.3, 0.4) is 0 Å². The quantitative estimate of drug-likeness (QED) is 0.472. The monoisotopic (exact) mass is 392 g/mol. The molecule has 0 bridgehead atoms. The molecule has 0 saturated carbocycles. The Morgan fingerprint density at radius 2 is 1.47 bits per heavy atom. The Morgan fingerprint density at radius 3 is 1.88 bits per heavy atom. The van der Waals surface area contributed by atoms with Crippen LogP contribution < -0.4 is 16.8 Å². The third-order valence-corrected chi connectivity index (χ3v) is 2.61. The maximum atomic E-state index is 10.5. The van der Waals surface area contributed by atoms with Gasteiger partial charge in [-0.1, -0.05) is 0 Å². The van der Waals surface area contributed by atoms with E-state index in [1.807, 2.05) is 0 Å². The molecule has 1 rings (SSSR count). The normalized spacial score (nSPS) is 16.0. The predicted octanol–water partition coefficient (Wildman–Crippen LogP) is 0.354. The third kappa shape index (κ3) is 17.3. The number of hydrogen-bond donors (Lipinski definition) is 3. The van der Waals surface area contributed by atoms with Crippen LogP contribution in [0.25, 0.3) is 0 Å². The van der Waals surface area contributed by atoms with Crippen molar-refractivity contribution in [1.82, 2.24) is 5.32 Å². The summed E-state index contributed by atoms with van der Waals surface area (Å²) in [5.74, 6) is 0. The average molecular weight is 392 g/mol. The molecule has 17 heavy (non-hydrogen) atoms. The van der Waals surface area contributed by atoms with Crippen LogP contribution in [0.2, 0.25) is 0 Å². The summed E-state index contributed by atoms with van der Waals surface area (Å²) < 4.78 is 20.1. The van der Waals surface area contributed by atoms with E-state index in [9.17, 15) is 4.57 Å². The van der Waals surface area contributed by atoms with Crippen LogP contribution in [0, 0.1) is 41.7 Å². The van der Waals surface area contributed by atoms with Gasteiger partial charge in [-0.3, -0.25) is 0 Å². The first-order valence-electron chi connectivity index (χ1n) is 5.65. The molecular formula is C9H23CeN3O3P+. The zero-order valence-corrected chi connectivity index (χ0v) is 14.2. The Balaban J connectivity index is 0. The third-order valence-electron chi connectivity index (χ3n) is 1.82. The van der Waals surface area contributed by atoms with E-state index in [0.29, 0.717) is 26.3 Å². The predicted molar refractivity (Wildman–Crippen MR) is 64.3 cm³/mol. The van der Waals surface area contributed by atoms with Crippen molar-refractivity contribution >= 4 is 8.25 Å². The topological polar surface area (TPSA) is 99.6 Å². The van der Waals surface area contributed by atoms with E-state index in [4.69, 9.17) is 20.5 Å². The number of hydrogen-bond acceptors (Lipinski definition) is 6. The van der Waals surface area contributed by atoms with Crippen LogP contribution in [-0.4, -0.2) is 39.4 Å². The standard InChI is InChI=1S/C5H10O3P.C4H13N3.Ce/c6-9-7-4-2-1-3-5-8-9;5-1-3-7-4-2-6;/h1-5H2;7H,1-6H2;/q+1;;. The van der Waals surface area contributed by atoms with Crippen molar-refractivity contribution in [2.45, 2.75) is 19.3 Å². The fourth-order valence-electron chi connectivity index (χ4n) is 1.03. The van der Waals surface area contributed by atoms with Gasteiger partial charge < -0.3 is 16.8 Å². The van der Waals surface area contributed by atoms with Gasteiger partial charge in [0.25, 0.3) is 0 Å². The van der Waals surface area contributed by atoms with E-state index in [1.54, 1.807) is 0 Å². The van der Waals surface area contributed by atoms with Gasteiger partial charge in [0, 0.05) is 72.5 Å². The van der Waals surface area contributed by atoms with Crippen molar-refractivity contribution in [1.29, 1.82) is 0 Å². The van der Waals surface area contributed by atoms with Gasteiger partial charge in [-0.2, -0.15) is 0 Å². The molecule has 1 fully saturated rings. The minimum Gasteiger partial charge on any atom is -0.329 e. The van der Waals surface area contributed by atoms with Gasteiger partial charge in [0.1, 0.15) is 13.2 Å². The molecule has 0 amide bonds. The molecule has 0 aliphatic carbocycles. The minimum absolute atomic E-state index is 0. The van der Waals surface area contributed by atoms with E-state index >= 15 is 0 Å². The summed E-state index contributed by atoms with van der Waals surface area (Å²) in [6.45, 7) is 4.29. The van der Waals surface area contributed by atoms with Crippen molar-refractivity contribution < 1.29 is 55.4 Å². The molecule has 1 saturated heterocycles. The summed E-state index contributed by atoms with van der Waals surface area (Å²) in [5.41, 5.74) is 10.3. The molecule has 6 nitrogen and oxygen atoms in total. The summed E-state index contributed by atoms with van der Waals surface area (Å²) in [6, 6.07) is 0. The Bertz CT molecular complexity index is 164. The minimum atomic E-state index is -1.79. The summed E-state index contributed by atoms with van der Waals surface area (Å²) in [7, 11) is -1.79. The largest absolute Gasteiger partial charge is 0.697 e. The van der Waals surface area contributed by atoms with Crippen molar-refractivity contribution in [2.24, 2.45) is 11.5 Å². The van der Waals surface area contributed by atoms with Gasteiger partial charge in [0.2, 0.25) is 0 Å². The smallest absolute Gasteiger partial charge is 0.329 e. The second-order valence-corrected chi connectivity index (χ2v) is 4.24. The van der Waals surface area contributed by atoms with E-state index < -0.39 is 8.25 Å². The molecule has 0 aromatic carbocycles. The number of nitrogens with two attached hydrogens (primary N) is 2. The fraction of sp³-hybridized carbons (Fsp3) is 1.00. The van der Waals surface area contributed by atoms with Gasteiger partial charge >= 0.3 is 8.25 Å². The zero-order chi connectivity index (χ0) is 12.1. The molecule has 0 atom stereocenters. The Hall–Kier alpha value is 1.28. The van der Waals surface area contributed by atoms with Gasteiger partial charge in [-0.05, 0) is 19.3 Å². The summed E-state index contributed by atoms with van der Waals surface area (Å²) in [5, 5.41) is 3.03. The van der Waals surface area contributed by atoms with Crippen molar-refractivity contribution in [3.8, 4) is 0 Å². The second kappa shape index (κ2) is 17.3. The van der Waals surface area contributed by atoms with Gasteiger partial charge in [0.15, 0.2) is 0 Å². The van der Waals surface area contributed by atoms with Crippen LogP contribution in [-0.2, 0) is 13.6 Å². The first-order valence-corrected chi connectivity index (χ1v) is 6.74. The molecule has 100 valence electrons. The maximum Gasteiger partial charge on any atom is 0.697 e. The molecule has 1 aliphatic rings. The SMILES string of the molecule is NCCNCCN.O=[P+]1OCCCCCO1.[Ce]. The molecule has 0 aromatic heterocycles. The van der Waals surface area contributed by atoms with Crippen LogP contribution >= 0.6 is 8.25 Å². The first kappa shape index (κ1) is 20.6. The van der Waals surface area contributed by atoms with Gasteiger partial charge in [-0.25, -0.2) is 0 Å². The number of nitrogens with one attached hydrogen (secondary N) is 1. The molecular weight excluding hydrogens is 369 g/mol. The molecule has 1 heterocycles. The van der Waals surface area contributed by atoms with Gasteiger partial charge in [0.05, 0.1) is 0 Å². The van der Waals surface area contributed by atoms with E-state index in [-0.39, 0.29) is 41.7 Å². The zero-order valence-electron chi connectivity index (χ0n) is 10.2. The molecule has 0 unspecified atom stereocenters. The van der Waals surface area contributed by atoms with Crippen LogP contribution in [0.15, 0.2) is 0 Å². The molecule has 8 heteroatoms. The Kier molecular flexibility index (Phi) is 20.9.